The number of para-hydroxylation sites is 7. The van der Waals surface area contributed by atoms with E-state index in [0.29, 0.717) is 28.4 Å². The second kappa shape index (κ2) is 17.3. The number of hydrogen-bond acceptors (Lipinski definition) is 8. The first-order chi connectivity index (χ1) is 40.7. The van der Waals surface area contributed by atoms with Crippen molar-refractivity contribution in [1.82, 2.24) is 0 Å². The second-order valence-electron chi connectivity index (χ2n) is 21.4. The number of benzene rings is 12. The molecule has 0 amide bonds. The van der Waals surface area contributed by atoms with Gasteiger partial charge in [-0.25, -0.2) is 0 Å². The number of anilines is 9. The summed E-state index contributed by atoms with van der Waals surface area (Å²) < 4.78 is 34.3. The van der Waals surface area contributed by atoms with Gasteiger partial charge in [0, 0.05) is 84.6 Å². The topological polar surface area (TPSA) is 63.7 Å². The third-order valence-corrected chi connectivity index (χ3v) is 16.9. The van der Waals surface area contributed by atoms with Crippen molar-refractivity contribution in [3.8, 4) is 34.5 Å². The van der Waals surface area contributed by atoms with E-state index in [4.69, 9.17) is 23.0 Å². The maximum atomic E-state index is 7.30. The number of rotatable bonds is 7. The zero-order valence-electron chi connectivity index (χ0n) is 43.9. The van der Waals surface area contributed by atoms with Crippen LogP contribution in [0.2, 0.25) is 0 Å². The van der Waals surface area contributed by atoms with Gasteiger partial charge in [-0.15, -0.1) is 0 Å². The highest BCUT2D eigenvalue weighted by atomic mass is 16.5. The SMILES string of the molecule is c1ccc(Oc2ccc3c(c2)oc2c4c5c(cc23)N(c2ccccc2)c2cc3c(cc2B5c2ccccc2O4)B2c4ccccc4N(c4ccccc4)c4c2c(cc2c4oc4cc(Oc5ccccc5)ccc42)N3c2ccccc2)cc1. The minimum atomic E-state index is -0.236. The Hall–Kier alpha value is -10.8. The van der Waals surface area contributed by atoms with E-state index in [1.165, 1.54) is 10.9 Å². The molecule has 0 aliphatic carbocycles. The van der Waals surface area contributed by atoms with Gasteiger partial charge in [-0.05, 0) is 143 Å². The van der Waals surface area contributed by atoms with Crippen molar-refractivity contribution in [2.75, 3.05) is 14.7 Å². The molecule has 0 fully saturated rings. The lowest BCUT2D eigenvalue weighted by Crippen LogP contribution is -2.64. The van der Waals surface area contributed by atoms with Gasteiger partial charge in [-0.3, -0.25) is 0 Å². The zero-order chi connectivity index (χ0) is 53.6. The molecule has 0 saturated heterocycles. The Labute approximate surface area is 472 Å². The Bertz CT molecular complexity index is 4940. The maximum absolute atomic E-state index is 7.30. The third kappa shape index (κ3) is 6.57. The predicted octanol–water partition coefficient (Wildman–Crippen LogP) is 15.6. The Morgan fingerprint density at radius 3 is 1.35 bits per heavy atom. The molecule has 8 nitrogen and oxygen atoms in total. The fraction of sp³-hybridized carbons (Fsp3) is 0. The molecule has 82 heavy (non-hydrogen) atoms. The minimum Gasteiger partial charge on any atom is -0.457 e. The van der Waals surface area contributed by atoms with Gasteiger partial charge in [0.15, 0.2) is 16.9 Å². The largest absolute Gasteiger partial charge is 0.457 e. The van der Waals surface area contributed by atoms with Crippen LogP contribution in [0.3, 0.4) is 0 Å². The highest BCUT2D eigenvalue weighted by molar-refractivity contribution is 7.03. The molecule has 0 radical (unpaired) electrons. The van der Waals surface area contributed by atoms with Gasteiger partial charge in [0.25, 0.3) is 13.4 Å². The van der Waals surface area contributed by atoms with Crippen molar-refractivity contribution in [2.24, 2.45) is 0 Å². The van der Waals surface area contributed by atoms with Crippen molar-refractivity contribution in [3.05, 3.63) is 261 Å². The van der Waals surface area contributed by atoms with Crippen molar-refractivity contribution >= 4 is 141 Å². The molecule has 2 aromatic heterocycles. The summed E-state index contributed by atoms with van der Waals surface area (Å²) in [6, 6.07) is 91.6. The minimum absolute atomic E-state index is 0.220. The summed E-state index contributed by atoms with van der Waals surface area (Å²) >= 11 is 0. The standard InChI is InChI=1S/C72H43B2N3O5/c1-6-20-44(21-7-1)75-60-43-61-58(74-56-31-17-19-33-64(56)80-72-68(74)63(76(61)45-22-8-2-9-23-45)41-54-52-37-35-50(39-66(52)82-71(54)72)79-48-28-14-5-15-29-48)42-57(60)73-55-30-16-18-32-59(55)77(46-24-10-3-11-25-46)69-67(73)62(75)40-53-51-36-34-49(38-65(51)81-70(53)69)78-47-26-12-4-13-27-47/h1-43H. The van der Waals surface area contributed by atoms with Gasteiger partial charge in [0.1, 0.15) is 39.9 Å². The first kappa shape index (κ1) is 45.1. The van der Waals surface area contributed by atoms with Crippen LogP contribution >= 0.6 is 0 Å². The second-order valence-corrected chi connectivity index (χ2v) is 21.4. The number of nitrogens with zero attached hydrogens (tertiary/aromatic N) is 3. The smallest absolute Gasteiger partial charge is 0.256 e. The summed E-state index contributed by atoms with van der Waals surface area (Å²) in [4.78, 5) is 7.37. The summed E-state index contributed by atoms with van der Waals surface area (Å²) in [7, 11) is 0. The molecule has 382 valence electrons. The molecule has 0 atom stereocenters. The van der Waals surface area contributed by atoms with Crippen LogP contribution in [0.1, 0.15) is 0 Å². The molecular formula is C72H43B2N3O5. The van der Waals surface area contributed by atoms with Gasteiger partial charge < -0.3 is 37.7 Å². The Morgan fingerprint density at radius 1 is 0.305 bits per heavy atom. The van der Waals surface area contributed by atoms with Crippen molar-refractivity contribution < 1.29 is 23.0 Å². The molecule has 14 aromatic rings. The van der Waals surface area contributed by atoms with Crippen LogP contribution in [0.15, 0.2) is 270 Å². The van der Waals surface area contributed by atoms with E-state index in [2.05, 4.69) is 191 Å². The first-order valence-corrected chi connectivity index (χ1v) is 27.8. The molecule has 4 aliphatic rings. The van der Waals surface area contributed by atoms with Gasteiger partial charge in [-0.2, -0.15) is 0 Å². The van der Waals surface area contributed by atoms with E-state index in [9.17, 15) is 0 Å². The van der Waals surface area contributed by atoms with Crippen LogP contribution in [-0.4, -0.2) is 13.4 Å². The average molecular weight is 1050 g/mol. The lowest BCUT2D eigenvalue weighted by Gasteiger charge is -2.46. The lowest BCUT2D eigenvalue weighted by molar-refractivity contribution is 0.477. The fourth-order valence-corrected chi connectivity index (χ4v) is 13.6. The Kier molecular flexibility index (Phi) is 9.53. The fourth-order valence-electron chi connectivity index (χ4n) is 13.6. The van der Waals surface area contributed by atoms with Crippen molar-refractivity contribution in [1.29, 1.82) is 0 Å². The van der Waals surface area contributed by atoms with E-state index in [1.54, 1.807) is 0 Å². The van der Waals surface area contributed by atoms with Crippen molar-refractivity contribution in [2.45, 2.75) is 0 Å². The van der Waals surface area contributed by atoms with Crippen molar-refractivity contribution in [3.63, 3.8) is 0 Å². The normalized spacial score (nSPS) is 13.3. The molecule has 0 spiro atoms. The van der Waals surface area contributed by atoms with E-state index < -0.39 is 0 Å². The third-order valence-electron chi connectivity index (χ3n) is 16.9. The highest BCUT2D eigenvalue weighted by Crippen LogP contribution is 2.52. The molecular weight excluding hydrogens is 1010 g/mol. The van der Waals surface area contributed by atoms with Crippen LogP contribution < -0.4 is 61.7 Å². The lowest BCUT2D eigenvalue weighted by atomic mass is 9.30. The molecule has 18 rings (SSSR count). The number of hydrogen-bond donors (Lipinski definition) is 0. The molecule has 4 aliphatic heterocycles. The Morgan fingerprint density at radius 2 is 0.768 bits per heavy atom. The van der Waals surface area contributed by atoms with E-state index in [-0.39, 0.29) is 13.4 Å². The molecule has 0 N–H and O–H groups in total. The van der Waals surface area contributed by atoms with E-state index >= 15 is 0 Å². The average Bonchev–Trinajstić information content (AvgIpc) is 3.00. The molecule has 10 heteroatoms. The highest BCUT2D eigenvalue weighted by Gasteiger charge is 2.49. The predicted molar refractivity (Wildman–Crippen MR) is 334 cm³/mol. The van der Waals surface area contributed by atoms with E-state index in [1.807, 2.05) is 84.9 Å². The maximum Gasteiger partial charge on any atom is 0.256 e. The Balaban J connectivity index is 0.930. The molecule has 0 bridgehead atoms. The van der Waals surface area contributed by atoms with Crippen LogP contribution in [0.25, 0.3) is 43.9 Å². The number of fused-ring (bicyclic) bond motifs is 16. The van der Waals surface area contributed by atoms with Crippen LogP contribution in [0.5, 0.6) is 34.5 Å². The van der Waals surface area contributed by atoms with Gasteiger partial charge in [-0.1, -0.05) is 133 Å². The van der Waals surface area contributed by atoms with Crippen LogP contribution in [-0.2, 0) is 0 Å². The van der Waals surface area contributed by atoms with Crippen LogP contribution in [0.4, 0.5) is 51.2 Å². The van der Waals surface area contributed by atoms with Gasteiger partial charge >= 0.3 is 0 Å². The number of furan rings is 2. The molecule has 0 unspecified atom stereocenters. The summed E-state index contributed by atoms with van der Waals surface area (Å²) in [5.41, 5.74) is 19.3. The summed E-state index contributed by atoms with van der Waals surface area (Å²) in [6.07, 6.45) is 0. The van der Waals surface area contributed by atoms with Gasteiger partial charge in [0.05, 0.1) is 5.69 Å². The van der Waals surface area contributed by atoms with E-state index in [0.717, 1.165) is 123 Å². The summed E-state index contributed by atoms with van der Waals surface area (Å²) in [5.74, 6) is 4.43. The number of ether oxygens (including phenoxy) is 3. The molecule has 12 aromatic carbocycles. The zero-order valence-corrected chi connectivity index (χ0v) is 43.9. The quantitative estimate of drug-likeness (QED) is 0.146. The molecule has 0 saturated carbocycles. The monoisotopic (exact) mass is 1050 g/mol. The van der Waals surface area contributed by atoms with Gasteiger partial charge in [0.2, 0.25) is 0 Å². The summed E-state index contributed by atoms with van der Waals surface area (Å²) in [5, 5.41) is 3.94. The summed E-state index contributed by atoms with van der Waals surface area (Å²) in [6.45, 7) is -0.456. The van der Waals surface area contributed by atoms with Crippen LogP contribution in [0, 0.1) is 0 Å². The molecule has 6 heterocycles. The first-order valence-electron chi connectivity index (χ1n) is 27.8.